The summed E-state index contributed by atoms with van der Waals surface area (Å²) in [7, 11) is 3.10. The number of nitrogens with one attached hydrogen (secondary N) is 1. The van der Waals surface area contributed by atoms with Crippen LogP contribution in [0, 0.1) is 6.92 Å². The predicted octanol–water partition coefficient (Wildman–Crippen LogP) is 5.03. The van der Waals surface area contributed by atoms with Crippen molar-refractivity contribution in [2.75, 3.05) is 25.7 Å². The summed E-state index contributed by atoms with van der Waals surface area (Å²) in [5, 5.41) is 0.760. The average Bonchev–Trinajstić information content (AvgIpc) is 3.58. The van der Waals surface area contributed by atoms with E-state index in [0.717, 1.165) is 31.9 Å². The topological polar surface area (TPSA) is 142 Å². The molecule has 0 radical (unpaired) electrons. The van der Waals surface area contributed by atoms with Gasteiger partial charge in [-0.1, -0.05) is 0 Å². The maximum Gasteiger partial charge on any atom is 0.417 e. The molecule has 0 bridgehead atoms. The number of anilines is 1. The number of rotatable bonds is 4. The smallest absolute Gasteiger partial charge is 0.417 e. The number of hydrogen-bond donors (Lipinski definition) is 1. The average molecular weight is 572 g/mol. The summed E-state index contributed by atoms with van der Waals surface area (Å²) in [6, 6.07) is 12.4. The van der Waals surface area contributed by atoms with Crippen molar-refractivity contribution in [3.05, 3.63) is 64.8 Å². The summed E-state index contributed by atoms with van der Waals surface area (Å²) in [4.78, 5) is 42.1. The molecule has 1 atom stereocenters. The number of carbonyl (C=O) groups excluding carboxylic acids is 1. The zero-order chi connectivity index (χ0) is 28.2. The highest BCUT2D eigenvalue weighted by Crippen LogP contribution is 2.44. The van der Waals surface area contributed by atoms with Crippen molar-refractivity contribution in [2.45, 2.75) is 13.2 Å². The summed E-state index contributed by atoms with van der Waals surface area (Å²) in [5.41, 5.74) is 5.39. The molecule has 7 rings (SSSR count). The lowest BCUT2D eigenvalue weighted by Gasteiger charge is -2.27. The van der Waals surface area contributed by atoms with Crippen LogP contribution in [0.3, 0.4) is 0 Å². The van der Waals surface area contributed by atoms with Gasteiger partial charge in [0.25, 0.3) is 6.29 Å². The van der Waals surface area contributed by atoms with Crippen LogP contribution in [-0.2, 0) is 4.74 Å². The largest absolute Gasteiger partial charge is 0.480 e. The van der Waals surface area contributed by atoms with E-state index in [-0.39, 0.29) is 6.61 Å². The molecule has 206 valence electrons. The lowest BCUT2D eigenvalue weighted by Crippen LogP contribution is -2.38. The Kier molecular flexibility index (Phi) is 5.75. The van der Waals surface area contributed by atoms with Crippen molar-refractivity contribution in [1.29, 1.82) is 0 Å². The zero-order valence-corrected chi connectivity index (χ0v) is 22.8. The zero-order valence-electron chi connectivity index (χ0n) is 22.0. The highest BCUT2D eigenvalue weighted by atomic mass is 32.1. The minimum atomic E-state index is -0.970. The molecule has 0 spiro atoms. The van der Waals surface area contributed by atoms with E-state index in [0.29, 0.717) is 39.7 Å². The molecule has 1 amide bonds. The Balaban J connectivity index is 1.14. The number of hydrogen-bond acceptors (Lipinski definition) is 11. The molecule has 1 aliphatic heterocycles. The van der Waals surface area contributed by atoms with E-state index in [2.05, 4.69) is 15.0 Å². The molecule has 1 aliphatic rings. The van der Waals surface area contributed by atoms with Crippen molar-refractivity contribution in [3.63, 3.8) is 0 Å². The first kappa shape index (κ1) is 24.8. The Morgan fingerprint density at radius 2 is 2.02 bits per heavy atom. The molecule has 0 fully saturated rings. The first-order chi connectivity index (χ1) is 19.9. The van der Waals surface area contributed by atoms with Crippen molar-refractivity contribution in [3.8, 4) is 28.0 Å². The van der Waals surface area contributed by atoms with E-state index in [1.54, 1.807) is 44.6 Å². The van der Waals surface area contributed by atoms with Crippen LogP contribution in [0.25, 0.3) is 42.9 Å². The number of carbonyl (C=O) groups is 1. The maximum atomic E-state index is 12.9. The quantitative estimate of drug-likeness (QED) is 0.306. The Labute approximate surface area is 235 Å². The number of nitrogens with zero attached hydrogens (tertiary/aromatic N) is 4. The molecular formula is C28H21N5O7S. The molecule has 0 aliphatic carbocycles. The van der Waals surface area contributed by atoms with Gasteiger partial charge in [-0.15, -0.1) is 11.3 Å². The maximum absolute atomic E-state index is 12.9. The number of benzene rings is 3. The number of fused-ring (bicyclic) bond motifs is 5. The number of H-pyrrole nitrogens is 1. The molecule has 0 saturated heterocycles. The predicted molar refractivity (Wildman–Crippen MR) is 151 cm³/mol. The van der Waals surface area contributed by atoms with Gasteiger partial charge in [0.2, 0.25) is 5.88 Å². The lowest BCUT2D eigenvalue weighted by molar-refractivity contribution is -0.0717. The molecule has 0 saturated carbocycles. The molecule has 6 aromatic rings. The van der Waals surface area contributed by atoms with Crippen LogP contribution in [0.2, 0.25) is 0 Å². The van der Waals surface area contributed by atoms with Gasteiger partial charge < -0.3 is 23.4 Å². The van der Waals surface area contributed by atoms with Crippen molar-refractivity contribution in [2.24, 2.45) is 0 Å². The minimum Gasteiger partial charge on any atom is -0.480 e. The SMILES string of the molecule is COc1cnc2c(-c3nc4ccc5c(c4s3)OC[C@@H](OC(=O)N(C)c3ccc4[nH]c(=O)oc4c3)O5)cc(C)cc2n1. The van der Waals surface area contributed by atoms with Gasteiger partial charge in [0.05, 0.1) is 41.1 Å². The summed E-state index contributed by atoms with van der Waals surface area (Å²) in [5.74, 6) is 0.838. The Bertz CT molecular complexity index is 2050. The van der Waals surface area contributed by atoms with Crippen molar-refractivity contribution >= 4 is 55.5 Å². The van der Waals surface area contributed by atoms with E-state index in [1.165, 1.54) is 16.2 Å². The third kappa shape index (κ3) is 4.36. The van der Waals surface area contributed by atoms with Gasteiger partial charge in [-0.25, -0.2) is 24.5 Å². The number of methoxy groups -OCH3 is 1. The van der Waals surface area contributed by atoms with Gasteiger partial charge >= 0.3 is 11.8 Å². The van der Waals surface area contributed by atoms with Crippen LogP contribution < -0.4 is 24.9 Å². The number of thiazole rings is 1. The summed E-state index contributed by atoms with van der Waals surface area (Å²) >= 11 is 1.45. The van der Waals surface area contributed by atoms with Crippen LogP contribution in [0.1, 0.15) is 5.56 Å². The van der Waals surface area contributed by atoms with Gasteiger partial charge in [-0.05, 0) is 48.9 Å². The van der Waals surface area contributed by atoms with E-state index in [4.69, 9.17) is 28.3 Å². The van der Waals surface area contributed by atoms with E-state index < -0.39 is 18.1 Å². The molecule has 0 unspecified atom stereocenters. The fraction of sp³-hybridized carbons (Fsp3) is 0.179. The fourth-order valence-corrected chi connectivity index (χ4v) is 5.70. The molecule has 1 N–H and O–H groups in total. The molecule has 13 heteroatoms. The molecule has 3 aromatic heterocycles. The number of aromatic nitrogens is 4. The van der Waals surface area contributed by atoms with Crippen LogP contribution in [0.4, 0.5) is 10.5 Å². The summed E-state index contributed by atoms with van der Waals surface area (Å²) in [6.45, 7) is 1.98. The number of aryl methyl sites for hydroxylation is 1. The van der Waals surface area contributed by atoms with Crippen LogP contribution >= 0.6 is 11.3 Å². The monoisotopic (exact) mass is 571 g/mol. The molecule has 3 aromatic carbocycles. The second-order valence-electron chi connectivity index (χ2n) is 9.35. The highest BCUT2D eigenvalue weighted by Gasteiger charge is 2.29. The standard InChI is InChI=1S/C28H21N5O7S/c1-13-8-15(23-18(9-13)30-21(36-3)11-29-23)26-31-17-6-7-19-24(25(17)41-26)37-12-22(38-19)40-28(35)33(2)14-4-5-16-20(10-14)39-27(34)32-16/h4-11,22H,12H2,1-3H3,(H,32,34)/t22-/m1/s1. The Morgan fingerprint density at radius 1 is 1.15 bits per heavy atom. The van der Waals surface area contributed by atoms with Crippen LogP contribution in [0.5, 0.6) is 17.4 Å². The normalized spacial score (nSPS) is 14.5. The Morgan fingerprint density at radius 3 is 2.88 bits per heavy atom. The molecule has 12 nitrogen and oxygen atoms in total. The van der Waals surface area contributed by atoms with Crippen LogP contribution in [-0.4, -0.2) is 53.1 Å². The third-order valence-corrected chi connectivity index (χ3v) is 7.71. The van der Waals surface area contributed by atoms with Gasteiger partial charge in [-0.2, -0.15) is 0 Å². The molecule has 41 heavy (non-hydrogen) atoms. The first-order valence-electron chi connectivity index (χ1n) is 12.5. The summed E-state index contributed by atoms with van der Waals surface area (Å²) in [6.07, 6.45) is -0.0470. The number of ether oxygens (including phenoxy) is 4. The van der Waals surface area contributed by atoms with E-state index in [1.807, 2.05) is 25.1 Å². The second-order valence-corrected chi connectivity index (χ2v) is 10.3. The first-order valence-corrected chi connectivity index (χ1v) is 13.3. The molecule has 4 heterocycles. The minimum absolute atomic E-state index is 0.0106. The van der Waals surface area contributed by atoms with E-state index in [9.17, 15) is 9.59 Å². The molecular weight excluding hydrogens is 550 g/mol. The number of aromatic amines is 1. The van der Waals surface area contributed by atoms with Gasteiger partial charge in [0, 0.05) is 18.7 Å². The van der Waals surface area contributed by atoms with Crippen LogP contribution in [0.15, 0.2) is 57.9 Å². The van der Waals surface area contributed by atoms with Crippen molar-refractivity contribution in [1.82, 2.24) is 19.9 Å². The second kappa shape index (κ2) is 9.48. The van der Waals surface area contributed by atoms with E-state index >= 15 is 0 Å². The number of amides is 1. The van der Waals surface area contributed by atoms with Gasteiger partial charge in [0.15, 0.2) is 23.7 Å². The number of oxazole rings is 1. The Hall–Kier alpha value is -5.17. The third-order valence-electron chi connectivity index (χ3n) is 6.60. The van der Waals surface area contributed by atoms with Gasteiger partial charge in [0.1, 0.15) is 9.71 Å². The van der Waals surface area contributed by atoms with Crippen molar-refractivity contribution < 1.29 is 28.2 Å². The highest BCUT2D eigenvalue weighted by molar-refractivity contribution is 7.22. The lowest BCUT2D eigenvalue weighted by atomic mass is 10.1. The fourth-order valence-electron chi connectivity index (χ4n) is 4.63. The van der Waals surface area contributed by atoms with Gasteiger partial charge in [-0.3, -0.25) is 9.88 Å². The summed E-state index contributed by atoms with van der Waals surface area (Å²) < 4.78 is 28.7.